The molecule has 278 valence electrons. The number of aryl methyl sites for hydroxylation is 1. The normalized spacial score (nSPS) is 22.8. The Bertz CT molecular complexity index is 2000. The van der Waals surface area contributed by atoms with Gasteiger partial charge in [-0.2, -0.15) is 0 Å². The predicted octanol–water partition coefficient (Wildman–Crippen LogP) is 5.10. The van der Waals surface area contributed by atoms with Crippen molar-refractivity contribution in [1.29, 1.82) is 0 Å². The molecule has 0 aliphatic carbocycles. The van der Waals surface area contributed by atoms with Crippen molar-refractivity contribution in [3.63, 3.8) is 0 Å². The fourth-order valence-corrected chi connectivity index (χ4v) is 12.9. The summed E-state index contributed by atoms with van der Waals surface area (Å²) in [5.41, 5.74) is 1.85. The van der Waals surface area contributed by atoms with Gasteiger partial charge < -0.3 is 24.4 Å². The molecule has 2 fully saturated rings. The Balaban J connectivity index is 1.27. The number of aliphatic hydroxyl groups is 1. The van der Waals surface area contributed by atoms with Crippen LogP contribution in [0.25, 0.3) is 0 Å². The highest BCUT2D eigenvalue weighted by molar-refractivity contribution is 6.91. The maximum absolute atomic E-state index is 15.2. The van der Waals surface area contributed by atoms with E-state index in [1.54, 1.807) is 22.8 Å². The Kier molecular flexibility index (Phi) is 9.96. The number of hydrogen-bond donors (Lipinski definition) is 1. The number of aromatic nitrogens is 3. The summed E-state index contributed by atoms with van der Waals surface area (Å²) in [5.74, 6) is 0.283. The van der Waals surface area contributed by atoms with Crippen LogP contribution in [-0.4, -0.2) is 71.3 Å². The van der Waals surface area contributed by atoms with Gasteiger partial charge in [-0.1, -0.05) is 54.7 Å². The number of nitro groups is 1. The number of rotatable bonds is 12. The summed E-state index contributed by atoms with van der Waals surface area (Å²) in [7, 11) is -0.817. The molecule has 14 heteroatoms. The summed E-state index contributed by atoms with van der Waals surface area (Å²) in [4.78, 5) is 43.0. The maximum Gasteiger partial charge on any atom is 0.269 e. The fraction of sp³-hybridized carbons (Fsp3) is 0.436. The molecule has 0 radical (unpaired) electrons. The quantitative estimate of drug-likeness (QED) is 0.119. The molecule has 4 aromatic rings. The van der Waals surface area contributed by atoms with Crippen LogP contribution in [0.15, 0.2) is 72.9 Å². The minimum Gasteiger partial charge on any atom is -0.497 e. The number of ether oxygens (including phenoxy) is 2. The summed E-state index contributed by atoms with van der Waals surface area (Å²) in [6, 6.07) is 20.5. The van der Waals surface area contributed by atoms with E-state index in [0.717, 1.165) is 29.8 Å². The SMILES string of the molecule is COc1ccc([Si](C)(C)[C@@H]2[C@@H](CCn3cc(CCO)nn3)O[C@]3(C(=O)N(Cc4ccc(N5CCCCC5=O)cc4)c4ccc([N+](=O)[O-])cc43)[C@H]2C)cc1. The summed E-state index contributed by atoms with van der Waals surface area (Å²) in [6.07, 6.45) is 4.76. The smallest absolute Gasteiger partial charge is 0.269 e. The van der Waals surface area contributed by atoms with Gasteiger partial charge >= 0.3 is 0 Å². The van der Waals surface area contributed by atoms with Crippen LogP contribution in [0.2, 0.25) is 18.6 Å². The van der Waals surface area contributed by atoms with Gasteiger partial charge in [-0.05, 0) is 60.7 Å². The number of carbonyl (C=O) groups is 2. The van der Waals surface area contributed by atoms with E-state index in [2.05, 4.69) is 42.5 Å². The van der Waals surface area contributed by atoms with Crippen molar-refractivity contribution in [1.82, 2.24) is 15.0 Å². The summed E-state index contributed by atoms with van der Waals surface area (Å²) >= 11 is 0. The highest BCUT2D eigenvalue weighted by atomic mass is 28.3. The van der Waals surface area contributed by atoms with Crippen LogP contribution in [0.1, 0.15) is 49.4 Å². The molecular formula is C39H46N6O7Si. The second-order valence-corrected chi connectivity index (χ2v) is 19.6. The zero-order valence-corrected chi connectivity index (χ0v) is 31.6. The van der Waals surface area contributed by atoms with Crippen LogP contribution < -0.4 is 19.7 Å². The number of nitrogens with zero attached hydrogens (tertiary/aromatic N) is 6. The van der Waals surface area contributed by atoms with E-state index < -0.39 is 24.7 Å². The third kappa shape index (κ3) is 6.53. The van der Waals surface area contributed by atoms with Crippen LogP contribution in [0.5, 0.6) is 5.75 Å². The lowest BCUT2D eigenvalue weighted by Gasteiger charge is -2.37. The van der Waals surface area contributed by atoms with Gasteiger partial charge in [0.05, 0.1) is 44.1 Å². The largest absolute Gasteiger partial charge is 0.497 e. The van der Waals surface area contributed by atoms with Gasteiger partial charge in [0.1, 0.15) is 5.75 Å². The Morgan fingerprint density at radius 3 is 2.51 bits per heavy atom. The topological polar surface area (TPSA) is 153 Å². The molecular weight excluding hydrogens is 693 g/mol. The molecule has 53 heavy (non-hydrogen) atoms. The molecule has 0 unspecified atom stereocenters. The molecule has 13 nitrogen and oxygen atoms in total. The molecule has 4 atom stereocenters. The number of methoxy groups -OCH3 is 1. The average Bonchev–Trinajstić information content (AvgIpc) is 3.81. The standard InChI is InChI=1S/C39H46N6O7Si/c1-26-37(53(3,4)32-15-13-31(51-2)14-16-32)35(18-21-42-25-28(19-22-46)40-41-42)52-39(26)33-23-30(45(49)50)12-17-34(33)44(38(39)48)24-27-8-10-29(11-9-27)43-20-6-5-7-36(43)47/h8-17,23,25-26,35,37,46H,5-7,18-22,24H2,1-4H3/t26-,35+,37-,39+/m0/s1. The minimum atomic E-state index is -2.45. The Labute approximate surface area is 309 Å². The first-order chi connectivity index (χ1) is 25.5. The molecule has 2 amide bonds. The number of non-ortho nitro benzene ring substituents is 1. The second-order valence-electron chi connectivity index (χ2n) is 14.9. The molecule has 3 aliphatic heterocycles. The van der Waals surface area contributed by atoms with Crippen molar-refractivity contribution in [2.75, 3.05) is 30.1 Å². The molecule has 4 heterocycles. The van der Waals surface area contributed by atoms with Gasteiger partial charge in [0.15, 0.2) is 5.60 Å². The number of hydrogen-bond acceptors (Lipinski definition) is 9. The van der Waals surface area contributed by atoms with Crippen LogP contribution in [0.4, 0.5) is 17.1 Å². The monoisotopic (exact) mass is 738 g/mol. The van der Waals surface area contributed by atoms with E-state index in [0.29, 0.717) is 49.3 Å². The number of aliphatic hydroxyl groups excluding tert-OH is 1. The molecule has 0 saturated carbocycles. The Hall–Kier alpha value is -4.92. The first kappa shape index (κ1) is 36.4. The number of nitro benzene ring substituents is 1. The van der Waals surface area contributed by atoms with E-state index in [1.807, 2.05) is 47.5 Å². The molecule has 0 bridgehead atoms. The van der Waals surface area contributed by atoms with Crippen molar-refractivity contribution in [2.24, 2.45) is 5.92 Å². The number of carbonyl (C=O) groups excluding carboxylic acids is 2. The maximum atomic E-state index is 15.2. The van der Waals surface area contributed by atoms with Gasteiger partial charge in [0.25, 0.3) is 11.6 Å². The van der Waals surface area contributed by atoms with E-state index in [4.69, 9.17) is 9.47 Å². The van der Waals surface area contributed by atoms with Crippen molar-refractivity contribution in [3.8, 4) is 5.75 Å². The Morgan fingerprint density at radius 2 is 1.83 bits per heavy atom. The predicted molar refractivity (Wildman–Crippen MR) is 202 cm³/mol. The van der Waals surface area contributed by atoms with Crippen molar-refractivity contribution < 1.29 is 29.1 Å². The zero-order valence-electron chi connectivity index (χ0n) is 30.6. The first-order valence-corrected chi connectivity index (χ1v) is 21.4. The summed E-state index contributed by atoms with van der Waals surface area (Å²) in [5, 5.41) is 31.2. The number of amides is 2. The molecule has 1 spiro atoms. The molecule has 3 aliphatic rings. The first-order valence-electron chi connectivity index (χ1n) is 18.3. The number of piperidine rings is 1. The van der Waals surface area contributed by atoms with Crippen LogP contribution in [0.3, 0.4) is 0 Å². The number of benzene rings is 3. The number of anilines is 2. The van der Waals surface area contributed by atoms with Crippen LogP contribution >= 0.6 is 0 Å². The summed E-state index contributed by atoms with van der Waals surface area (Å²) in [6.45, 7) is 8.01. The van der Waals surface area contributed by atoms with E-state index in [9.17, 15) is 20.0 Å². The van der Waals surface area contributed by atoms with E-state index in [-0.39, 0.29) is 42.1 Å². The van der Waals surface area contributed by atoms with Crippen molar-refractivity contribution in [2.45, 2.75) is 82.5 Å². The molecule has 3 aromatic carbocycles. The lowest BCUT2D eigenvalue weighted by atomic mass is 9.82. The number of fused-ring (bicyclic) bond motifs is 2. The molecule has 2 saturated heterocycles. The van der Waals surface area contributed by atoms with Crippen LogP contribution in [-0.2, 0) is 39.4 Å². The lowest BCUT2D eigenvalue weighted by molar-refractivity contribution is -0.385. The van der Waals surface area contributed by atoms with Crippen LogP contribution in [0, 0.1) is 16.0 Å². The molecule has 1 N–H and O–H groups in total. The van der Waals surface area contributed by atoms with E-state index in [1.165, 1.54) is 17.3 Å². The Morgan fingerprint density at radius 1 is 1.08 bits per heavy atom. The van der Waals surface area contributed by atoms with E-state index >= 15 is 4.79 Å². The zero-order chi connectivity index (χ0) is 37.5. The van der Waals surface area contributed by atoms with Crippen molar-refractivity contribution >= 4 is 42.1 Å². The fourth-order valence-electron chi connectivity index (χ4n) is 8.82. The third-order valence-corrected chi connectivity index (χ3v) is 15.9. The summed E-state index contributed by atoms with van der Waals surface area (Å²) < 4.78 is 14.4. The average molecular weight is 739 g/mol. The second kappa shape index (κ2) is 14.5. The van der Waals surface area contributed by atoms with Gasteiger partial charge in [-0.25, -0.2) is 0 Å². The van der Waals surface area contributed by atoms with Gasteiger partial charge in [-0.3, -0.25) is 24.4 Å². The molecule has 1 aromatic heterocycles. The van der Waals surface area contributed by atoms with Gasteiger partial charge in [0, 0.05) is 68.0 Å². The third-order valence-electron chi connectivity index (χ3n) is 11.5. The van der Waals surface area contributed by atoms with Crippen molar-refractivity contribution in [3.05, 3.63) is 99.9 Å². The highest BCUT2D eigenvalue weighted by Crippen LogP contribution is 2.60. The minimum absolute atomic E-state index is 0.0272. The lowest BCUT2D eigenvalue weighted by Crippen LogP contribution is -2.51. The molecule has 7 rings (SSSR count). The highest BCUT2D eigenvalue weighted by Gasteiger charge is 2.66. The van der Waals surface area contributed by atoms with Gasteiger partial charge in [0.2, 0.25) is 5.91 Å². The van der Waals surface area contributed by atoms with Gasteiger partial charge in [-0.15, -0.1) is 5.10 Å².